The highest BCUT2D eigenvalue weighted by Crippen LogP contribution is 2.30. The molecule has 0 unspecified atom stereocenters. The molecule has 1 aliphatic heterocycles. The van der Waals surface area contributed by atoms with E-state index in [1.54, 1.807) is 12.4 Å². The zero-order valence-electron chi connectivity index (χ0n) is 10.3. The zero-order valence-corrected chi connectivity index (χ0v) is 11.9. The van der Waals surface area contributed by atoms with Crippen molar-refractivity contribution in [2.75, 3.05) is 17.2 Å². The molecule has 0 spiro atoms. The van der Waals surface area contributed by atoms with Crippen molar-refractivity contribution in [3.05, 3.63) is 17.3 Å². The van der Waals surface area contributed by atoms with Gasteiger partial charge in [-0.3, -0.25) is 4.79 Å². The fourth-order valence-corrected chi connectivity index (χ4v) is 4.14. The number of anilines is 1. The Morgan fingerprint density at radius 3 is 2.79 bits per heavy atom. The van der Waals surface area contributed by atoms with Gasteiger partial charge in [0.15, 0.2) is 0 Å². The first-order valence-electron chi connectivity index (χ1n) is 6.13. The van der Waals surface area contributed by atoms with Crippen molar-refractivity contribution in [2.45, 2.75) is 18.9 Å². The molecule has 3 rings (SSSR count). The second-order valence-corrected chi connectivity index (χ2v) is 6.64. The molecule has 1 amide bonds. The molecule has 0 atom stereocenters. The number of fused-ring (bicyclic) bond motifs is 1. The third kappa shape index (κ3) is 2.52. The highest BCUT2D eigenvalue weighted by Gasteiger charge is 2.21. The number of hydrogen-bond donors (Lipinski definition) is 2. The average Bonchev–Trinajstić information content (AvgIpc) is 2.78. The molecule has 0 aromatic carbocycles. The van der Waals surface area contributed by atoms with E-state index in [-0.39, 0.29) is 11.9 Å². The molecule has 3 heterocycles. The lowest BCUT2D eigenvalue weighted by Crippen LogP contribution is -2.37. The first-order chi connectivity index (χ1) is 9.25. The van der Waals surface area contributed by atoms with Crippen molar-refractivity contribution in [1.29, 1.82) is 0 Å². The van der Waals surface area contributed by atoms with Crippen LogP contribution in [0, 0.1) is 0 Å². The van der Waals surface area contributed by atoms with Gasteiger partial charge in [0.25, 0.3) is 5.91 Å². The summed E-state index contributed by atoms with van der Waals surface area (Å²) in [5.41, 5.74) is 7.05. The van der Waals surface area contributed by atoms with Gasteiger partial charge in [-0.25, -0.2) is 9.97 Å². The quantitative estimate of drug-likeness (QED) is 0.884. The van der Waals surface area contributed by atoms with Crippen molar-refractivity contribution in [1.82, 2.24) is 15.3 Å². The minimum Gasteiger partial charge on any atom is -0.396 e. The lowest BCUT2D eigenvalue weighted by molar-refractivity contribution is 0.0940. The van der Waals surface area contributed by atoms with Crippen LogP contribution in [0.5, 0.6) is 0 Å². The summed E-state index contributed by atoms with van der Waals surface area (Å²) in [5, 5.41) is 3.06. The number of nitrogen functional groups attached to an aromatic ring is 1. The standard InChI is InChI=1S/C12H14N4OS2/c13-8-9-12(15-4-3-14-9)19-10(8)11(17)16-7-1-5-18-6-2-7/h3-4,7H,1-2,5-6,13H2,(H,16,17). The van der Waals surface area contributed by atoms with E-state index in [0.717, 1.165) is 24.3 Å². The Labute approximate surface area is 119 Å². The van der Waals surface area contributed by atoms with Crippen LogP contribution in [0.15, 0.2) is 12.4 Å². The summed E-state index contributed by atoms with van der Waals surface area (Å²) >= 11 is 3.24. The highest BCUT2D eigenvalue weighted by atomic mass is 32.2. The molecule has 1 fully saturated rings. The largest absolute Gasteiger partial charge is 0.396 e. The summed E-state index contributed by atoms with van der Waals surface area (Å²) in [5.74, 6) is 2.12. The number of thiophene rings is 1. The maximum Gasteiger partial charge on any atom is 0.263 e. The van der Waals surface area contributed by atoms with Gasteiger partial charge in [0.1, 0.15) is 15.2 Å². The van der Waals surface area contributed by atoms with Crippen molar-refractivity contribution < 1.29 is 4.79 Å². The molecular weight excluding hydrogens is 280 g/mol. The number of nitrogens with two attached hydrogens (primary N) is 1. The summed E-state index contributed by atoms with van der Waals surface area (Å²) in [7, 11) is 0. The number of nitrogens with one attached hydrogen (secondary N) is 1. The van der Waals surface area contributed by atoms with Crippen molar-refractivity contribution in [3.8, 4) is 0 Å². The summed E-state index contributed by atoms with van der Waals surface area (Å²) in [4.78, 5) is 21.9. The fraction of sp³-hybridized carbons (Fsp3) is 0.417. The number of nitrogens with zero attached hydrogens (tertiary/aromatic N) is 2. The van der Waals surface area contributed by atoms with Gasteiger partial charge in [-0.1, -0.05) is 0 Å². The van der Waals surface area contributed by atoms with E-state index >= 15 is 0 Å². The first kappa shape index (κ1) is 12.7. The normalized spacial score (nSPS) is 16.6. The van der Waals surface area contributed by atoms with Crippen LogP contribution >= 0.6 is 23.1 Å². The van der Waals surface area contributed by atoms with E-state index < -0.39 is 0 Å². The predicted octanol–water partition coefficient (Wildman–Crippen LogP) is 1.90. The third-order valence-electron chi connectivity index (χ3n) is 3.13. The van der Waals surface area contributed by atoms with E-state index in [4.69, 9.17) is 5.73 Å². The van der Waals surface area contributed by atoms with Crippen molar-refractivity contribution in [2.24, 2.45) is 0 Å². The molecule has 2 aromatic heterocycles. The van der Waals surface area contributed by atoms with Gasteiger partial charge in [-0.15, -0.1) is 11.3 Å². The monoisotopic (exact) mass is 294 g/mol. The predicted molar refractivity (Wildman–Crippen MR) is 79.6 cm³/mol. The minimum atomic E-state index is -0.0980. The Bertz CT molecular complexity index is 607. The maximum absolute atomic E-state index is 12.3. The molecule has 2 aromatic rings. The molecule has 19 heavy (non-hydrogen) atoms. The van der Waals surface area contributed by atoms with Crippen LogP contribution in [-0.4, -0.2) is 33.4 Å². The number of hydrogen-bond acceptors (Lipinski definition) is 6. The molecule has 5 nitrogen and oxygen atoms in total. The maximum atomic E-state index is 12.3. The number of carbonyl (C=O) groups excluding carboxylic acids is 1. The molecule has 0 saturated carbocycles. The van der Waals surface area contributed by atoms with E-state index in [0.29, 0.717) is 20.9 Å². The smallest absolute Gasteiger partial charge is 0.263 e. The van der Waals surface area contributed by atoms with Crippen LogP contribution in [0.2, 0.25) is 0 Å². The van der Waals surface area contributed by atoms with Gasteiger partial charge in [0.05, 0.1) is 5.69 Å². The van der Waals surface area contributed by atoms with Gasteiger partial charge in [-0.05, 0) is 24.3 Å². The van der Waals surface area contributed by atoms with Crippen LogP contribution in [0.4, 0.5) is 5.69 Å². The van der Waals surface area contributed by atoms with Gasteiger partial charge in [0.2, 0.25) is 0 Å². The molecule has 1 aliphatic rings. The third-order valence-corrected chi connectivity index (χ3v) is 5.28. The van der Waals surface area contributed by atoms with Gasteiger partial charge in [0, 0.05) is 18.4 Å². The number of carbonyl (C=O) groups is 1. The van der Waals surface area contributed by atoms with Crippen LogP contribution in [0.1, 0.15) is 22.5 Å². The van der Waals surface area contributed by atoms with Crippen LogP contribution in [-0.2, 0) is 0 Å². The highest BCUT2D eigenvalue weighted by molar-refractivity contribution is 7.99. The van der Waals surface area contributed by atoms with Crippen LogP contribution < -0.4 is 11.1 Å². The second-order valence-electron chi connectivity index (χ2n) is 4.42. The van der Waals surface area contributed by atoms with Crippen molar-refractivity contribution >= 4 is 45.0 Å². The van der Waals surface area contributed by atoms with Gasteiger partial charge < -0.3 is 11.1 Å². The number of rotatable bonds is 2. The molecule has 0 aliphatic carbocycles. The lowest BCUT2D eigenvalue weighted by Gasteiger charge is -2.22. The molecule has 7 heteroatoms. The molecule has 1 saturated heterocycles. The average molecular weight is 294 g/mol. The zero-order chi connectivity index (χ0) is 13.2. The fourth-order valence-electron chi connectivity index (χ4n) is 2.11. The molecule has 0 radical (unpaired) electrons. The Balaban J connectivity index is 1.83. The number of thioether (sulfide) groups is 1. The molecule has 100 valence electrons. The molecule has 0 bridgehead atoms. The Hall–Kier alpha value is -1.34. The van der Waals surface area contributed by atoms with E-state index in [9.17, 15) is 4.79 Å². The van der Waals surface area contributed by atoms with Crippen LogP contribution in [0.25, 0.3) is 10.3 Å². The Morgan fingerprint density at radius 1 is 1.32 bits per heavy atom. The first-order valence-corrected chi connectivity index (χ1v) is 8.10. The van der Waals surface area contributed by atoms with E-state index in [1.165, 1.54) is 11.3 Å². The second kappa shape index (κ2) is 5.34. The van der Waals surface area contributed by atoms with Gasteiger partial charge >= 0.3 is 0 Å². The van der Waals surface area contributed by atoms with Gasteiger partial charge in [-0.2, -0.15) is 11.8 Å². The van der Waals surface area contributed by atoms with E-state index in [1.807, 2.05) is 11.8 Å². The minimum absolute atomic E-state index is 0.0980. The SMILES string of the molecule is Nc1c(C(=O)NC2CCSCC2)sc2nccnc12. The summed E-state index contributed by atoms with van der Waals surface area (Å²) in [6.07, 6.45) is 5.25. The Morgan fingerprint density at radius 2 is 2.05 bits per heavy atom. The summed E-state index contributed by atoms with van der Waals surface area (Å²) < 4.78 is 0. The van der Waals surface area contributed by atoms with Crippen LogP contribution in [0.3, 0.4) is 0 Å². The molecule has 3 N–H and O–H groups in total. The lowest BCUT2D eigenvalue weighted by atomic mass is 10.1. The van der Waals surface area contributed by atoms with E-state index in [2.05, 4.69) is 15.3 Å². The molecular formula is C12H14N4OS2. The number of aromatic nitrogens is 2. The summed E-state index contributed by atoms with van der Waals surface area (Å²) in [6, 6.07) is 0.263. The Kier molecular flexibility index (Phi) is 3.56. The number of amides is 1. The van der Waals surface area contributed by atoms with Crippen molar-refractivity contribution in [3.63, 3.8) is 0 Å². The topological polar surface area (TPSA) is 80.9 Å². The summed E-state index contributed by atoms with van der Waals surface area (Å²) in [6.45, 7) is 0.